The molecule has 0 aromatic rings. The summed E-state index contributed by atoms with van der Waals surface area (Å²) in [5, 5.41) is 0. The first-order valence-corrected chi connectivity index (χ1v) is 10.6. The van der Waals surface area contributed by atoms with Crippen LogP contribution in [0.25, 0.3) is 0 Å². The molecule has 0 aromatic heterocycles. The highest BCUT2D eigenvalue weighted by molar-refractivity contribution is 5.72. The van der Waals surface area contributed by atoms with Crippen molar-refractivity contribution in [1.29, 1.82) is 0 Å². The van der Waals surface area contributed by atoms with Crippen molar-refractivity contribution < 1.29 is 19.1 Å². The molecule has 0 aliphatic heterocycles. The van der Waals surface area contributed by atoms with E-state index in [0.717, 1.165) is 12.8 Å². The second-order valence-electron chi connectivity index (χ2n) is 7.11. The summed E-state index contributed by atoms with van der Waals surface area (Å²) in [5.74, 6) is -0.0928. The molecule has 4 heteroatoms. The van der Waals surface area contributed by atoms with Gasteiger partial charge in [-0.15, -0.1) is 0 Å². The number of unbranched alkanes of at least 4 members (excludes halogenated alkanes) is 7. The molecule has 0 rings (SSSR count). The second-order valence-corrected chi connectivity index (χ2v) is 7.11. The summed E-state index contributed by atoms with van der Waals surface area (Å²) in [6.07, 6.45) is 16.2. The van der Waals surface area contributed by atoms with Crippen molar-refractivity contribution in [1.82, 2.24) is 0 Å². The average molecular weight is 369 g/mol. The fourth-order valence-electron chi connectivity index (χ4n) is 2.42. The Hall–Kier alpha value is -1.32. The summed E-state index contributed by atoms with van der Waals surface area (Å²) in [6.45, 7) is 7.14. The first-order valence-electron chi connectivity index (χ1n) is 10.6. The number of carbonyl (C=O) groups is 2. The molecule has 0 amide bonds. The molecule has 0 heterocycles. The minimum absolute atomic E-state index is 0.229. The Labute approximate surface area is 160 Å². The zero-order valence-electron chi connectivity index (χ0n) is 17.3. The van der Waals surface area contributed by atoms with Crippen molar-refractivity contribution >= 4 is 11.9 Å². The van der Waals surface area contributed by atoms with Crippen molar-refractivity contribution in [2.75, 3.05) is 13.2 Å². The van der Waals surface area contributed by atoms with E-state index in [1.54, 1.807) is 0 Å². The van der Waals surface area contributed by atoms with Gasteiger partial charge < -0.3 is 9.47 Å². The summed E-state index contributed by atoms with van der Waals surface area (Å²) in [7, 11) is 0. The molecule has 0 saturated heterocycles. The smallest absolute Gasteiger partial charge is 0.306 e. The van der Waals surface area contributed by atoms with Gasteiger partial charge in [0.2, 0.25) is 0 Å². The van der Waals surface area contributed by atoms with Crippen molar-refractivity contribution in [2.24, 2.45) is 5.92 Å². The first-order chi connectivity index (χ1) is 12.6. The van der Waals surface area contributed by atoms with Crippen LogP contribution >= 0.6 is 0 Å². The van der Waals surface area contributed by atoms with Crippen molar-refractivity contribution in [3.8, 4) is 0 Å². The minimum atomic E-state index is -0.250. The summed E-state index contributed by atoms with van der Waals surface area (Å²) in [6, 6.07) is 0. The van der Waals surface area contributed by atoms with Gasteiger partial charge in [-0.3, -0.25) is 9.59 Å². The molecule has 4 nitrogen and oxygen atoms in total. The van der Waals surface area contributed by atoms with Crippen molar-refractivity contribution in [2.45, 2.75) is 97.8 Å². The van der Waals surface area contributed by atoms with Gasteiger partial charge >= 0.3 is 11.9 Å². The van der Waals surface area contributed by atoms with Gasteiger partial charge in [-0.1, -0.05) is 77.9 Å². The third kappa shape index (κ3) is 17.5. The lowest BCUT2D eigenvalue weighted by atomic mass is 10.1. The van der Waals surface area contributed by atoms with Gasteiger partial charge in [0.25, 0.3) is 0 Å². The zero-order valence-corrected chi connectivity index (χ0v) is 17.3. The fourth-order valence-corrected chi connectivity index (χ4v) is 2.42. The van der Waals surface area contributed by atoms with Crippen LogP contribution in [0.3, 0.4) is 0 Å². The predicted octanol–water partition coefficient (Wildman–Crippen LogP) is 5.99. The summed E-state index contributed by atoms with van der Waals surface area (Å²) < 4.78 is 10.3. The summed E-state index contributed by atoms with van der Waals surface area (Å²) in [5.41, 5.74) is 0. The topological polar surface area (TPSA) is 52.6 Å². The van der Waals surface area contributed by atoms with Crippen LogP contribution in [0.4, 0.5) is 0 Å². The van der Waals surface area contributed by atoms with E-state index < -0.39 is 0 Å². The maximum atomic E-state index is 11.6. The van der Waals surface area contributed by atoms with E-state index in [4.69, 9.17) is 9.47 Å². The molecule has 1 unspecified atom stereocenters. The maximum absolute atomic E-state index is 11.6. The number of hydrogen-bond acceptors (Lipinski definition) is 4. The van der Waals surface area contributed by atoms with E-state index in [2.05, 4.69) is 19.9 Å². The molecule has 1 atom stereocenters. The van der Waals surface area contributed by atoms with Gasteiger partial charge in [0, 0.05) is 12.8 Å². The van der Waals surface area contributed by atoms with Gasteiger partial charge in [-0.25, -0.2) is 0 Å². The minimum Gasteiger partial charge on any atom is -0.465 e. The lowest BCUT2D eigenvalue weighted by Gasteiger charge is -2.09. The van der Waals surface area contributed by atoms with E-state index in [1.807, 2.05) is 13.0 Å². The molecule has 0 aliphatic carbocycles. The molecular formula is C22H40O4. The highest BCUT2D eigenvalue weighted by Gasteiger charge is 2.08. The van der Waals surface area contributed by atoms with Gasteiger partial charge in [0.05, 0.1) is 6.61 Å². The number of ether oxygens (including phenoxy) is 2. The second kappa shape index (κ2) is 18.5. The van der Waals surface area contributed by atoms with Crippen LogP contribution in [-0.4, -0.2) is 25.2 Å². The van der Waals surface area contributed by atoms with Gasteiger partial charge in [0.15, 0.2) is 0 Å². The van der Waals surface area contributed by atoms with Gasteiger partial charge in [0.1, 0.15) is 6.61 Å². The van der Waals surface area contributed by atoms with E-state index in [0.29, 0.717) is 25.6 Å². The van der Waals surface area contributed by atoms with E-state index in [-0.39, 0.29) is 24.8 Å². The molecule has 26 heavy (non-hydrogen) atoms. The standard InChI is InChI=1S/C22H40O4/c1-4-6-7-8-9-10-11-12-13-14-18-25-21(23)16-15-17-22(24)26-19-20(3)5-2/h13-14,20H,4-12,15-19H2,1-3H3/b14-13+. The highest BCUT2D eigenvalue weighted by Crippen LogP contribution is 2.08. The summed E-state index contributed by atoms with van der Waals surface area (Å²) >= 11 is 0. The molecular weight excluding hydrogens is 328 g/mol. The number of carbonyl (C=O) groups excluding carboxylic acids is 2. The largest absolute Gasteiger partial charge is 0.465 e. The Balaban J connectivity index is 3.44. The van der Waals surface area contributed by atoms with Crippen LogP contribution < -0.4 is 0 Å². The quantitative estimate of drug-likeness (QED) is 0.180. The monoisotopic (exact) mass is 368 g/mol. The SMILES string of the molecule is CCCCCCCCC/C=C/COC(=O)CCCC(=O)OCC(C)CC. The van der Waals surface area contributed by atoms with Gasteiger partial charge in [-0.2, -0.15) is 0 Å². The van der Waals surface area contributed by atoms with Crippen LogP contribution in [0, 0.1) is 5.92 Å². The van der Waals surface area contributed by atoms with E-state index >= 15 is 0 Å². The number of hydrogen-bond donors (Lipinski definition) is 0. The predicted molar refractivity (Wildman–Crippen MR) is 107 cm³/mol. The molecule has 0 saturated carbocycles. The molecule has 0 radical (unpaired) electrons. The number of rotatable bonds is 17. The normalized spacial score (nSPS) is 12.3. The Morgan fingerprint density at radius 2 is 1.42 bits per heavy atom. The van der Waals surface area contributed by atoms with Crippen LogP contribution in [-0.2, 0) is 19.1 Å². The number of allylic oxidation sites excluding steroid dienone is 1. The fraction of sp³-hybridized carbons (Fsp3) is 0.818. The first kappa shape index (κ1) is 24.7. The average Bonchev–Trinajstić information content (AvgIpc) is 2.64. The lowest BCUT2D eigenvalue weighted by Crippen LogP contribution is -2.12. The molecule has 0 aromatic carbocycles. The maximum Gasteiger partial charge on any atom is 0.306 e. The summed E-state index contributed by atoms with van der Waals surface area (Å²) in [4.78, 5) is 23.1. The van der Waals surface area contributed by atoms with Crippen molar-refractivity contribution in [3.63, 3.8) is 0 Å². The molecule has 0 N–H and O–H groups in total. The van der Waals surface area contributed by atoms with Crippen LogP contribution in [0.5, 0.6) is 0 Å². The van der Waals surface area contributed by atoms with E-state index in [1.165, 1.54) is 44.9 Å². The Kier molecular flexibility index (Phi) is 17.5. The van der Waals surface area contributed by atoms with Gasteiger partial charge in [-0.05, 0) is 25.2 Å². The molecule has 0 aliphatic rings. The lowest BCUT2D eigenvalue weighted by molar-refractivity contribution is -0.145. The number of esters is 2. The molecule has 152 valence electrons. The van der Waals surface area contributed by atoms with Crippen LogP contribution in [0.1, 0.15) is 97.8 Å². The third-order valence-corrected chi connectivity index (χ3v) is 4.47. The van der Waals surface area contributed by atoms with Crippen molar-refractivity contribution in [3.05, 3.63) is 12.2 Å². The zero-order chi connectivity index (χ0) is 19.5. The Bertz CT molecular complexity index is 376. The highest BCUT2D eigenvalue weighted by atomic mass is 16.5. The van der Waals surface area contributed by atoms with Crippen LogP contribution in [0.2, 0.25) is 0 Å². The van der Waals surface area contributed by atoms with E-state index in [9.17, 15) is 9.59 Å². The third-order valence-electron chi connectivity index (χ3n) is 4.47. The molecule has 0 bridgehead atoms. The Morgan fingerprint density at radius 1 is 0.808 bits per heavy atom. The van der Waals surface area contributed by atoms with Crippen LogP contribution in [0.15, 0.2) is 12.2 Å². The Morgan fingerprint density at radius 3 is 2.08 bits per heavy atom. The molecule has 0 spiro atoms. The molecule has 0 fully saturated rings.